The van der Waals surface area contributed by atoms with Crippen molar-refractivity contribution < 1.29 is 18.8 Å². The van der Waals surface area contributed by atoms with Gasteiger partial charge in [-0.15, -0.1) is 0 Å². The van der Waals surface area contributed by atoms with Crippen LogP contribution in [0.2, 0.25) is 0 Å². The van der Waals surface area contributed by atoms with E-state index in [-0.39, 0.29) is 41.4 Å². The molecule has 1 N–H and O–H groups in total. The molecule has 2 heterocycles. The van der Waals surface area contributed by atoms with Gasteiger partial charge in [0.1, 0.15) is 5.76 Å². The number of amides is 3. The summed E-state index contributed by atoms with van der Waals surface area (Å²) in [6, 6.07) is 10.7. The van der Waals surface area contributed by atoms with Gasteiger partial charge in [-0.1, -0.05) is 24.3 Å². The number of carbonyl (C=O) groups is 3. The molecule has 2 aromatic rings. The lowest BCUT2D eigenvalue weighted by Gasteiger charge is -2.17. The SMILES string of the molecule is O=C(/C=C/c1cccc(N2C(=O)[C@@H]3[C@@H](C2=O)[C@H]2C=C[C@H]3C2)c1)NCc1ccco1. The molecule has 146 valence electrons. The van der Waals surface area contributed by atoms with Crippen LogP contribution in [-0.2, 0) is 20.9 Å². The largest absolute Gasteiger partial charge is 0.467 e. The minimum Gasteiger partial charge on any atom is -0.467 e. The van der Waals surface area contributed by atoms with E-state index in [1.807, 2.05) is 6.07 Å². The Morgan fingerprint density at radius 3 is 2.55 bits per heavy atom. The molecule has 1 saturated heterocycles. The first-order valence-electron chi connectivity index (χ1n) is 9.76. The van der Waals surface area contributed by atoms with E-state index in [9.17, 15) is 14.4 Å². The topological polar surface area (TPSA) is 79.6 Å². The van der Waals surface area contributed by atoms with Crippen molar-refractivity contribution >= 4 is 29.5 Å². The Morgan fingerprint density at radius 2 is 1.86 bits per heavy atom. The number of nitrogens with one attached hydrogen (secondary N) is 1. The molecule has 29 heavy (non-hydrogen) atoms. The molecular formula is C23H20N2O4. The van der Waals surface area contributed by atoms with Gasteiger partial charge in [0.2, 0.25) is 17.7 Å². The van der Waals surface area contributed by atoms with E-state index in [0.717, 1.165) is 12.0 Å². The third-order valence-corrected chi connectivity index (χ3v) is 6.04. The van der Waals surface area contributed by atoms with Crippen LogP contribution in [0.3, 0.4) is 0 Å². The van der Waals surface area contributed by atoms with Gasteiger partial charge in [0.25, 0.3) is 0 Å². The van der Waals surface area contributed by atoms with Crippen molar-refractivity contribution in [3.63, 3.8) is 0 Å². The van der Waals surface area contributed by atoms with Crippen LogP contribution in [0.4, 0.5) is 5.69 Å². The Balaban J connectivity index is 1.29. The number of fused-ring (bicyclic) bond motifs is 5. The molecule has 1 saturated carbocycles. The van der Waals surface area contributed by atoms with Gasteiger partial charge >= 0.3 is 0 Å². The fourth-order valence-electron chi connectivity index (χ4n) is 4.74. The van der Waals surface area contributed by atoms with Crippen molar-refractivity contribution in [2.24, 2.45) is 23.7 Å². The Morgan fingerprint density at radius 1 is 1.10 bits per heavy atom. The van der Waals surface area contributed by atoms with Crippen molar-refractivity contribution in [2.45, 2.75) is 13.0 Å². The molecule has 3 amide bonds. The van der Waals surface area contributed by atoms with Crippen molar-refractivity contribution in [3.8, 4) is 0 Å². The number of nitrogens with zero attached hydrogens (tertiary/aromatic N) is 1. The number of furan rings is 1. The first-order valence-corrected chi connectivity index (χ1v) is 9.76. The predicted octanol–water partition coefficient (Wildman–Crippen LogP) is 2.92. The third kappa shape index (κ3) is 3.01. The van der Waals surface area contributed by atoms with E-state index in [4.69, 9.17) is 4.42 Å². The number of hydrogen-bond acceptors (Lipinski definition) is 4. The van der Waals surface area contributed by atoms with Gasteiger partial charge < -0.3 is 9.73 Å². The average molecular weight is 388 g/mol. The molecular weight excluding hydrogens is 368 g/mol. The molecule has 5 rings (SSSR count). The van der Waals surface area contributed by atoms with Crippen molar-refractivity contribution in [3.05, 3.63) is 72.2 Å². The summed E-state index contributed by atoms with van der Waals surface area (Å²) in [4.78, 5) is 39.2. The van der Waals surface area contributed by atoms with Gasteiger partial charge in [-0.2, -0.15) is 0 Å². The monoisotopic (exact) mass is 388 g/mol. The van der Waals surface area contributed by atoms with E-state index in [2.05, 4.69) is 17.5 Å². The summed E-state index contributed by atoms with van der Waals surface area (Å²) in [7, 11) is 0. The van der Waals surface area contributed by atoms with Crippen LogP contribution in [0, 0.1) is 23.7 Å². The standard InChI is InChI=1S/C23H20N2O4/c26-19(24-13-18-5-2-10-29-18)9-6-14-3-1-4-17(11-14)25-22(27)20-15-7-8-16(12-15)21(20)23(25)28/h1-11,15-16,20-21H,12-13H2,(H,24,26)/b9-6+/t15-,16-,20-,21-/m0/s1. The fraction of sp³-hybridized carbons (Fsp3) is 0.261. The normalized spacial score (nSPS) is 27.2. The van der Waals surface area contributed by atoms with E-state index >= 15 is 0 Å². The molecule has 0 unspecified atom stereocenters. The summed E-state index contributed by atoms with van der Waals surface area (Å²) < 4.78 is 5.18. The molecule has 2 aliphatic carbocycles. The van der Waals surface area contributed by atoms with Crippen LogP contribution in [0.25, 0.3) is 6.08 Å². The summed E-state index contributed by atoms with van der Waals surface area (Å²) in [6.07, 6.45) is 9.73. The number of imide groups is 1. The number of carbonyl (C=O) groups excluding carboxylic acids is 3. The average Bonchev–Trinajstić information content (AvgIpc) is 3.50. The van der Waals surface area contributed by atoms with Gasteiger partial charge in [-0.25, -0.2) is 4.90 Å². The third-order valence-electron chi connectivity index (χ3n) is 6.04. The second-order valence-electron chi connectivity index (χ2n) is 7.74. The maximum atomic E-state index is 12.9. The van der Waals surface area contributed by atoms with Crippen LogP contribution in [0.1, 0.15) is 17.7 Å². The molecule has 1 aliphatic heterocycles. The molecule has 1 aromatic carbocycles. The van der Waals surface area contributed by atoms with Crippen molar-refractivity contribution in [1.29, 1.82) is 0 Å². The molecule has 0 radical (unpaired) electrons. The van der Waals surface area contributed by atoms with Gasteiger partial charge in [-0.05, 0) is 54.2 Å². The first kappa shape index (κ1) is 17.7. The Labute approximate surface area is 167 Å². The lowest BCUT2D eigenvalue weighted by Crippen LogP contribution is -2.32. The Bertz CT molecular complexity index is 1010. The minimum atomic E-state index is -0.252. The molecule has 6 heteroatoms. The highest BCUT2D eigenvalue weighted by atomic mass is 16.3. The highest BCUT2D eigenvalue weighted by molar-refractivity contribution is 6.22. The second-order valence-corrected chi connectivity index (χ2v) is 7.74. The van der Waals surface area contributed by atoms with Gasteiger partial charge in [0.05, 0.1) is 30.3 Å². The van der Waals surface area contributed by atoms with Gasteiger partial charge in [-0.3, -0.25) is 14.4 Å². The number of hydrogen-bond donors (Lipinski definition) is 1. The lowest BCUT2D eigenvalue weighted by molar-refractivity contribution is -0.123. The summed E-state index contributed by atoms with van der Waals surface area (Å²) in [5.74, 6) is 0.155. The zero-order chi connectivity index (χ0) is 20.0. The van der Waals surface area contributed by atoms with Crippen LogP contribution in [0.15, 0.2) is 65.3 Å². The quantitative estimate of drug-likeness (QED) is 0.485. The zero-order valence-electron chi connectivity index (χ0n) is 15.7. The second kappa shape index (κ2) is 6.88. The minimum absolute atomic E-state index is 0.103. The van der Waals surface area contributed by atoms with E-state index in [1.165, 1.54) is 11.0 Å². The highest BCUT2D eigenvalue weighted by Gasteiger charge is 2.59. The Kier molecular flexibility index (Phi) is 4.19. The van der Waals surface area contributed by atoms with Gasteiger partial charge in [0, 0.05) is 6.08 Å². The van der Waals surface area contributed by atoms with E-state index in [1.54, 1.807) is 42.7 Å². The zero-order valence-corrected chi connectivity index (χ0v) is 15.7. The number of rotatable bonds is 5. The van der Waals surface area contributed by atoms with Crippen LogP contribution in [-0.4, -0.2) is 17.7 Å². The smallest absolute Gasteiger partial charge is 0.244 e. The molecule has 4 atom stereocenters. The maximum Gasteiger partial charge on any atom is 0.244 e. The number of benzene rings is 1. The van der Waals surface area contributed by atoms with Gasteiger partial charge in [0.15, 0.2) is 0 Å². The lowest BCUT2D eigenvalue weighted by atomic mass is 9.85. The van der Waals surface area contributed by atoms with Crippen molar-refractivity contribution in [2.75, 3.05) is 4.90 Å². The molecule has 0 spiro atoms. The molecule has 6 nitrogen and oxygen atoms in total. The summed E-state index contributed by atoms with van der Waals surface area (Å²) in [5.41, 5.74) is 1.31. The number of anilines is 1. The summed E-state index contributed by atoms with van der Waals surface area (Å²) >= 11 is 0. The molecule has 2 bridgehead atoms. The predicted molar refractivity (Wildman–Crippen MR) is 106 cm³/mol. The van der Waals surface area contributed by atoms with Crippen LogP contribution >= 0.6 is 0 Å². The van der Waals surface area contributed by atoms with Crippen LogP contribution in [0.5, 0.6) is 0 Å². The Hall–Kier alpha value is -3.41. The van der Waals surface area contributed by atoms with E-state index < -0.39 is 0 Å². The summed E-state index contributed by atoms with van der Waals surface area (Å²) in [6.45, 7) is 0.312. The van der Waals surface area contributed by atoms with Crippen LogP contribution < -0.4 is 10.2 Å². The number of allylic oxidation sites excluding steroid dienone is 2. The molecule has 2 fully saturated rings. The van der Waals surface area contributed by atoms with Crippen molar-refractivity contribution in [1.82, 2.24) is 5.32 Å². The summed E-state index contributed by atoms with van der Waals surface area (Å²) in [5, 5.41) is 2.74. The molecule has 1 aromatic heterocycles. The first-order chi connectivity index (χ1) is 14.1. The maximum absolute atomic E-state index is 12.9. The van der Waals surface area contributed by atoms with E-state index in [0.29, 0.717) is 18.0 Å². The highest BCUT2D eigenvalue weighted by Crippen LogP contribution is 2.53. The fourth-order valence-corrected chi connectivity index (χ4v) is 4.74. The molecule has 3 aliphatic rings.